The lowest BCUT2D eigenvalue weighted by Gasteiger charge is -2.25. The van der Waals surface area contributed by atoms with E-state index in [0.29, 0.717) is 32.5 Å². The summed E-state index contributed by atoms with van der Waals surface area (Å²) in [5.74, 6) is 0.519. The molecule has 3 rings (SSSR count). The first-order valence-electron chi connectivity index (χ1n) is 12.7. The summed E-state index contributed by atoms with van der Waals surface area (Å²) in [6, 6.07) is 26.8. The van der Waals surface area contributed by atoms with E-state index >= 15 is 0 Å². The van der Waals surface area contributed by atoms with Gasteiger partial charge in [0.1, 0.15) is 5.75 Å². The van der Waals surface area contributed by atoms with Gasteiger partial charge in [0.25, 0.3) is 0 Å². The number of methoxy groups -OCH3 is 1. The van der Waals surface area contributed by atoms with Gasteiger partial charge in [-0.25, -0.2) is 0 Å². The largest absolute Gasteiger partial charge is 0.497 e. The van der Waals surface area contributed by atoms with Crippen LogP contribution in [0.3, 0.4) is 0 Å². The summed E-state index contributed by atoms with van der Waals surface area (Å²) >= 11 is 0. The number of ether oxygens (including phenoxy) is 1. The zero-order chi connectivity index (χ0) is 26.3. The molecule has 2 amide bonds. The highest BCUT2D eigenvalue weighted by molar-refractivity contribution is 5.79. The molecule has 2 atom stereocenters. The van der Waals surface area contributed by atoms with Crippen LogP contribution in [0.5, 0.6) is 5.75 Å². The molecule has 4 N–H and O–H groups in total. The Balaban J connectivity index is 1.46. The number of aliphatic hydroxyl groups excluding tert-OH is 1. The minimum absolute atomic E-state index is 0.0840. The molecule has 7 heteroatoms. The van der Waals surface area contributed by atoms with Gasteiger partial charge in [0.05, 0.1) is 19.3 Å². The lowest BCUT2D eigenvalue weighted by molar-refractivity contribution is -0.123. The van der Waals surface area contributed by atoms with Crippen LogP contribution in [0.15, 0.2) is 84.9 Å². The van der Waals surface area contributed by atoms with Gasteiger partial charge in [-0.3, -0.25) is 9.59 Å². The molecule has 3 aromatic carbocycles. The molecule has 0 saturated carbocycles. The molecule has 0 spiro atoms. The Bertz CT molecular complexity index is 1090. The van der Waals surface area contributed by atoms with Crippen LogP contribution < -0.4 is 20.7 Å². The molecule has 37 heavy (non-hydrogen) atoms. The summed E-state index contributed by atoms with van der Waals surface area (Å²) in [5, 5.41) is 20.1. The minimum atomic E-state index is -0.788. The Morgan fingerprint density at radius 2 is 1.46 bits per heavy atom. The average Bonchev–Trinajstić information content (AvgIpc) is 2.93. The normalized spacial score (nSPS) is 12.4. The van der Waals surface area contributed by atoms with E-state index in [2.05, 4.69) is 16.0 Å². The molecule has 7 nitrogen and oxygen atoms in total. The van der Waals surface area contributed by atoms with Crippen LogP contribution in [-0.4, -0.2) is 42.7 Å². The highest BCUT2D eigenvalue weighted by Crippen LogP contribution is 2.12. The number of benzene rings is 3. The first-order chi connectivity index (χ1) is 18.0. The second-order valence-electron chi connectivity index (χ2n) is 9.03. The lowest BCUT2D eigenvalue weighted by Crippen LogP contribution is -2.48. The molecule has 0 aromatic heterocycles. The van der Waals surface area contributed by atoms with Crippen molar-refractivity contribution in [3.63, 3.8) is 0 Å². The van der Waals surface area contributed by atoms with E-state index in [-0.39, 0.29) is 24.7 Å². The molecule has 0 radical (unpaired) electrons. The molecule has 196 valence electrons. The van der Waals surface area contributed by atoms with Crippen molar-refractivity contribution >= 4 is 11.8 Å². The van der Waals surface area contributed by atoms with Crippen LogP contribution in [0.4, 0.5) is 0 Å². The average molecular weight is 504 g/mol. The van der Waals surface area contributed by atoms with Gasteiger partial charge in [0.2, 0.25) is 11.8 Å². The predicted molar refractivity (Wildman–Crippen MR) is 145 cm³/mol. The summed E-state index contributed by atoms with van der Waals surface area (Å²) < 4.78 is 5.26. The number of amides is 2. The predicted octanol–water partition coefficient (Wildman–Crippen LogP) is 3.36. The zero-order valence-electron chi connectivity index (χ0n) is 21.4. The molecule has 0 aliphatic heterocycles. The third-order valence-corrected chi connectivity index (χ3v) is 6.07. The van der Waals surface area contributed by atoms with Gasteiger partial charge >= 0.3 is 0 Å². The van der Waals surface area contributed by atoms with Gasteiger partial charge in [-0.1, -0.05) is 72.8 Å². The molecule has 3 aromatic rings. The number of hydrogen-bond donors (Lipinski definition) is 4. The van der Waals surface area contributed by atoms with Crippen LogP contribution in [0.1, 0.15) is 36.0 Å². The van der Waals surface area contributed by atoms with Crippen molar-refractivity contribution in [2.45, 2.75) is 50.9 Å². The van der Waals surface area contributed by atoms with Crippen molar-refractivity contribution in [3.05, 3.63) is 102 Å². The molecule has 0 fully saturated rings. The summed E-state index contributed by atoms with van der Waals surface area (Å²) in [6.07, 6.45) is 0.646. The van der Waals surface area contributed by atoms with Gasteiger partial charge < -0.3 is 25.8 Å². The molecule has 0 unspecified atom stereocenters. The first kappa shape index (κ1) is 27.9. The summed E-state index contributed by atoms with van der Waals surface area (Å²) in [6.45, 7) is 1.36. The third kappa shape index (κ3) is 10.5. The SMILES string of the molecule is COc1cccc(CNC[C@@H](O)[C@H](Cc2ccccc2)NC(=O)CCCC(=O)NCc2ccccc2)c1. The maximum atomic E-state index is 12.7. The number of nitrogens with one attached hydrogen (secondary N) is 3. The Kier molecular flexibility index (Phi) is 11.6. The lowest BCUT2D eigenvalue weighted by atomic mass is 10.0. The highest BCUT2D eigenvalue weighted by atomic mass is 16.5. The molecule has 0 saturated heterocycles. The summed E-state index contributed by atoms with van der Waals surface area (Å²) in [4.78, 5) is 24.8. The van der Waals surface area contributed by atoms with Crippen molar-refractivity contribution in [2.24, 2.45) is 0 Å². The molecule has 0 bridgehead atoms. The highest BCUT2D eigenvalue weighted by Gasteiger charge is 2.21. The second kappa shape index (κ2) is 15.4. The Morgan fingerprint density at radius 1 is 0.811 bits per heavy atom. The smallest absolute Gasteiger partial charge is 0.220 e. The molecular weight excluding hydrogens is 466 g/mol. The summed E-state index contributed by atoms with van der Waals surface area (Å²) in [7, 11) is 1.63. The second-order valence-corrected chi connectivity index (χ2v) is 9.03. The maximum Gasteiger partial charge on any atom is 0.220 e. The van der Waals surface area contributed by atoms with E-state index in [4.69, 9.17) is 4.74 Å². The van der Waals surface area contributed by atoms with Gasteiger partial charge in [0, 0.05) is 32.5 Å². The van der Waals surface area contributed by atoms with Gasteiger partial charge in [-0.2, -0.15) is 0 Å². The van der Waals surface area contributed by atoms with Crippen LogP contribution in [0.2, 0.25) is 0 Å². The summed E-state index contributed by atoms with van der Waals surface area (Å²) in [5.41, 5.74) is 3.10. The topological polar surface area (TPSA) is 99.7 Å². The van der Waals surface area contributed by atoms with E-state index < -0.39 is 12.1 Å². The maximum absolute atomic E-state index is 12.7. The Morgan fingerprint density at radius 3 is 2.16 bits per heavy atom. The van der Waals surface area contributed by atoms with E-state index in [9.17, 15) is 14.7 Å². The number of hydrogen-bond acceptors (Lipinski definition) is 5. The van der Waals surface area contributed by atoms with E-state index in [1.165, 1.54) is 0 Å². The minimum Gasteiger partial charge on any atom is -0.497 e. The number of aliphatic hydroxyl groups is 1. The molecule has 0 heterocycles. The molecule has 0 aliphatic carbocycles. The Labute approximate surface area is 219 Å². The van der Waals surface area contributed by atoms with Crippen LogP contribution >= 0.6 is 0 Å². The first-order valence-corrected chi connectivity index (χ1v) is 12.7. The van der Waals surface area contributed by atoms with Crippen LogP contribution in [-0.2, 0) is 29.1 Å². The zero-order valence-corrected chi connectivity index (χ0v) is 21.4. The van der Waals surface area contributed by atoms with E-state index in [0.717, 1.165) is 22.4 Å². The van der Waals surface area contributed by atoms with Gasteiger partial charge in [-0.15, -0.1) is 0 Å². The quantitative estimate of drug-likeness (QED) is 0.255. The van der Waals surface area contributed by atoms with Gasteiger partial charge in [0.15, 0.2) is 0 Å². The van der Waals surface area contributed by atoms with Crippen LogP contribution in [0.25, 0.3) is 0 Å². The fourth-order valence-electron chi connectivity index (χ4n) is 4.01. The number of carbonyl (C=O) groups excluding carboxylic acids is 2. The number of carbonyl (C=O) groups is 2. The van der Waals surface area contributed by atoms with Crippen molar-refractivity contribution in [2.75, 3.05) is 13.7 Å². The van der Waals surface area contributed by atoms with Crippen molar-refractivity contribution < 1.29 is 19.4 Å². The van der Waals surface area contributed by atoms with E-state index in [1.54, 1.807) is 7.11 Å². The van der Waals surface area contributed by atoms with Crippen LogP contribution in [0, 0.1) is 0 Å². The Hall–Kier alpha value is -3.68. The fourth-order valence-corrected chi connectivity index (χ4v) is 4.01. The third-order valence-electron chi connectivity index (χ3n) is 6.07. The molecule has 0 aliphatic rings. The van der Waals surface area contributed by atoms with Crippen molar-refractivity contribution in [1.29, 1.82) is 0 Å². The monoisotopic (exact) mass is 503 g/mol. The van der Waals surface area contributed by atoms with Crippen molar-refractivity contribution in [1.82, 2.24) is 16.0 Å². The number of rotatable bonds is 15. The van der Waals surface area contributed by atoms with E-state index in [1.807, 2.05) is 84.9 Å². The van der Waals surface area contributed by atoms with Gasteiger partial charge in [-0.05, 0) is 41.7 Å². The molecular formula is C30H37N3O4. The standard InChI is InChI=1S/C30H37N3O4/c1-37-26-15-8-14-25(18-26)20-31-22-28(34)27(19-23-10-4-2-5-11-23)33-30(36)17-9-16-29(35)32-21-24-12-6-3-7-13-24/h2-8,10-15,18,27-28,31,34H,9,16-17,19-22H2,1H3,(H,32,35)(H,33,36)/t27-,28+/m0/s1. The van der Waals surface area contributed by atoms with Crippen molar-refractivity contribution in [3.8, 4) is 5.75 Å². The fraction of sp³-hybridized carbons (Fsp3) is 0.333.